The first-order chi connectivity index (χ1) is 20.0. The Kier molecular flexibility index (Phi) is 5.97. The molecule has 4 heterocycles. The van der Waals surface area contributed by atoms with Crippen molar-refractivity contribution in [2.75, 3.05) is 0 Å². The van der Waals surface area contributed by atoms with E-state index in [0.717, 1.165) is 27.5 Å². The number of aromatic nitrogens is 1. The molecule has 3 aromatic heterocycles. The summed E-state index contributed by atoms with van der Waals surface area (Å²) in [6.07, 6.45) is 3.54. The Morgan fingerprint density at radius 2 is 1.61 bits per heavy atom. The minimum absolute atomic E-state index is 0.000812. The summed E-state index contributed by atoms with van der Waals surface area (Å²) in [7, 11) is 0. The average molecular weight is 571 g/mol. The molecule has 3 aromatic carbocycles. The number of para-hydroxylation sites is 2. The molecular formula is C35H26N2O2S2. The SMILES string of the molecule is CCC1(CC)c2ccccc2-n2c3ccc(-c4ccc(-c5ccc(/C=C(/C#N)C(=O)O)s5)s4)cc3c3cccc1c32. The maximum absolute atomic E-state index is 11.2. The summed E-state index contributed by atoms with van der Waals surface area (Å²) in [5.74, 6) is -1.21. The molecule has 6 aromatic rings. The largest absolute Gasteiger partial charge is 0.477 e. The number of benzene rings is 3. The number of carboxylic acid groups (broad SMARTS) is 1. The number of aliphatic carboxylic acids is 1. The van der Waals surface area contributed by atoms with Crippen molar-refractivity contribution in [1.82, 2.24) is 4.57 Å². The van der Waals surface area contributed by atoms with E-state index in [1.54, 1.807) is 17.4 Å². The van der Waals surface area contributed by atoms with E-state index in [4.69, 9.17) is 5.26 Å². The van der Waals surface area contributed by atoms with E-state index >= 15 is 0 Å². The zero-order valence-corrected chi connectivity index (χ0v) is 24.3. The lowest BCUT2D eigenvalue weighted by molar-refractivity contribution is -0.132. The molecule has 0 unspecified atom stereocenters. The quantitative estimate of drug-likeness (QED) is 0.160. The molecule has 7 rings (SSSR count). The number of thiophene rings is 2. The van der Waals surface area contributed by atoms with E-state index in [1.165, 1.54) is 66.5 Å². The van der Waals surface area contributed by atoms with Crippen LogP contribution in [-0.4, -0.2) is 15.6 Å². The van der Waals surface area contributed by atoms with Crippen LogP contribution < -0.4 is 0 Å². The van der Waals surface area contributed by atoms with Crippen LogP contribution in [0.1, 0.15) is 42.7 Å². The first kappa shape index (κ1) is 25.5. The van der Waals surface area contributed by atoms with E-state index in [9.17, 15) is 9.90 Å². The summed E-state index contributed by atoms with van der Waals surface area (Å²) in [6, 6.07) is 32.4. The first-order valence-electron chi connectivity index (χ1n) is 13.7. The average Bonchev–Trinajstić information content (AvgIpc) is 3.75. The molecule has 1 N–H and O–H groups in total. The van der Waals surface area contributed by atoms with Gasteiger partial charge in [-0.15, -0.1) is 22.7 Å². The lowest BCUT2D eigenvalue weighted by Gasteiger charge is -2.39. The number of carboxylic acids is 1. The fourth-order valence-corrected chi connectivity index (χ4v) is 8.61. The minimum Gasteiger partial charge on any atom is -0.477 e. The molecule has 6 heteroatoms. The van der Waals surface area contributed by atoms with E-state index in [0.29, 0.717) is 0 Å². The summed E-state index contributed by atoms with van der Waals surface area (Å²) < 4.78 is 2.47. The van der Waals surface area contributed by atoms with Gasteiger partial charge in [0.05, 0.1) is 16.7 Å². The third-order valence-corrected chi connectivity index (χ3v) is 10.9. The van der Waals surface area contributed by atoms with Crippen molar-refractivity contribution >= 4 is 56.5 Å². The topological polar surface area (TPSA) is 66.0 Å². The van der Waals surface area contributed by atoms with Gasteiger partial charge in [0, 0.05) is 35.7 Å². The highest BCUT2D eigenvalue weighted by Crippen LogP contribution is 2.51. The summed E-state index contributed by atoms with van der Waals surface area (Å²) >= 11 is 3.21. The van der Waals surface area contributed by atoms with Crippen LogP contribution in [0.25, 0.3) is 53.8 Å². The number of nitriles is 1. The van der Waals surface area contributed by atoms with Crippen molar-refractivity contribution in [1.29, 1.82) is 5.26 Å². The molecule has 41 heavy (non-hydrogen) atoms. The molecule has 0 bridgehead atoms. The van der Waals surface area contributed by atoms with Crippen LogP contribution in [0.5, 0.6) is 0 Å². The second-order valence-corrected chi connectivity index (χ2v) is 12.6. The van der Waals surface area contributed by atoms with Crippen molar-refractivity contribution in [2.45, 2.75) is 32.1 Å². The number of hydrogen-bond donors (Lipinski definition) is 1. The highest BCUT2D eigenvalue weighted by molar-refractivity contribution is 7.24. The van der Waals surface area contributed by atoms with Crippen LogP contribution in [0.4, 0.5) is 0 Å². The molecule has 0 atom stereocenters. The van der Waals surface area contributed by atoms with E-state index in [2.05, 4.69) is 91.2 Å². The summed E-state index contributed by atoms with van der Waals surface area (Å²) in [6.45, 7) is 4.62. The predicted molar refractivity (Wildman–Crippen MR) is 170 cm³/mol. The fraction of sp³-hybridized carbons (Fsp3) is 0.143. The lowest BCUT2D eigenvalue weighted by Crippen LogP contribution is -2.31. The standard InChI is InChI=1S/C35H26N2O2S2/c1-3-35(4-2)26-9-5-6-11-29(26)37-28-14-12-21(19-25(28)24-8-7-10-27(35)33(24)37)30-16-17-32(41-30)31-15-13-23(40-31)18-22(20-36)34(38)39/h5-19H,3-4H2,1-2H3,(H,38,39)/b22-18-. The second kappa shape index (κ2) is 9.59. The maximum atomic E-state index is 11.2. The minimum atomic E-state index is -1.21. The Hall–Kier alpha value is -4.44. The van der Waals surface area contributed by atoms with Crippen molar-refractivity contribution in [3.63, 3.8) is 0 Å². The Balaban J connectivity index is 1.35. The van der Waals surface area contributed by atoms with Gasteiger partial charge in [0.1, 0.15) is 11.6 Å². The molecular weight excluding hydrogens is 545 g/mol. The number of rotatable bonds is 6. The van der Waals surface area contributed by atoms with Crippen LogP contribution in [0, 0.1) is 11.3 Å². The summed E-state index contributed by atoms with van der Waals surface area (Å²) in [4.78, 5) is 15.3. The number of hydrogen-bond acceptors (Lipinski definition) is 4. The van der Waals surface area contributed by atoms with Gasteiger partial charge in [-0.1, -0.05) is 56.3 Å². The molecule has 0 fully saturated rings. The smallest absolute Gasteiger partial charge is 0.346 e. The number of carbonyl (C=O) groups is 1. The third-order valence-electron chi connectivity index (χ3n) is 8.57. The Labute approximate surface area is 246 Å². The van der Waals surface area contributed by atoms with Crippen molar-refractivity contribution < 1.29 is 9.90 Å². The van der Waals surface area contributed by atoms with Crippen LogP contribution >= 0.6 is 22.7 Å². The third kappa shape index (κ3) is 3.73. The van der Waals surface area contributed by atoms with Gasteiger partial charge in [-0.2, -0.15) is 5.26 Å². The van der Waals surface area contributed by atoms with Crippen LogP contribution in [0.2, 0.25) is 0 Å². The van der Waals surface area contributed by atoms with Gasteiger partial charge < -0.3 is 9.67 Å². The Morgan fingerprint density at radius 3 is 2.39 bits per heavy atom. The molecule has 0 amide bonds. The molecule has 200 valence electrons. The van der Waals surface area contributed by atoms with Crippen LogP contribution in [0.15, 0.2) is 90.5 Å². The molecule has 1 aliphatic heterocycles. The molecule has 4 nitrogen and oxygen atoms in total. The van der Waals surface area contributed by atoms with Gasteiger partial charge in [0.15, 0.2) is 0 Å². The number of nitrogens with zero attached hydrogens (tertiary/aromatic N) is 2. The molecule has 0 radical (unpaired) electrons. The maximum Gasteiger partial charge on any atom is 0.346 e. The van der Waals surface area contributed by atoms with Crippen molar-refractivity contribution in [3.05, 3.63) is 107 Å². The monoisotopic (exact) mass is 570 g/mol. The molecule has 0 saturated heterocycles. The normalized spacial score (nSPS) is 13.8. The van der Waals surface area contributed by atoms with Crippen molar-refractivity contribution in [2.24, 2.45) is 0 Å². The summed E-state index contributed by atoms with van der Waals surface area (Å²) in [5, 5.41) is 20.8. The highest BCUT2D eigenvalue weighted by Gasteiger charge is 2.39. The Morgan fingerprint density at radius 1 is 0.878 bits per heavy atom. The molecule has 0 saturated carbocycles. The van der Waals surface area contributed by atoms with E-state index in [-0.39, 0.29) is 11.0 Å². The van der Waals surface area contributed by atoms with Crippen molar-refractivity contribution in [3.8, 4) is 32.0 Å². The molecule has 0 spiro atoms. The van der Waals surface area contributed by atoms with Gasteiger partial charge in [0.2, 0.25) is 0 Å². The van der Waals surface area contributed by atoms with Gasteiger partial charge >= 0.3 is 5.97 Å². The molecule has 1 aliphatic rings. The Bertz CT molecular complexity index is 2080. The fourth-order valence-electron chi connectivity index (χ4n) is 6.56. The van der Waals surface area contributed by atoms with Crippen LogP contribution in [-0.2, 0) is 10.2 Å². The van der Waals surface area contributed by atoms with Crippen LogP contribution in [0.3, 0.4) is 0 Å². The van der Waals surface area contributed by atoms with Gasteiger partial charge in [0.25, 0.3) is 0 Å². The van der Waals surface area contributed by atoms with Gasteiger partial charge in [-0.3, -0.25) is 0 Å². The predicted octanol–water partition coefficient (Wildman–Crippen LogP) is 9.65. The zero-order chi connectivity index (χ0) is 28.3. The molecule has 0 aliphatic carbocycles. The van der Waals surface area contributed by atoms with E-state index in [1.807, 2.05) is 12.1 Å². The van der Waals surface area contributed by atoms with Gasteiger partial charge in [-0.25, -0.2) is 4.79 Å². The highest BCUT2D eigenvalue weighted by atomic mass is 32.1. The lowest BCUT2D eigenvalue weighted by atomic mass is 9.68. The van der Waals surface area contributed by atoms with E-state index < -0.39 is 5.97 Å². The number of fused-ring (bicyclic) bond motifs is 5. The zero-order valence-electron chi connectivity index (χ0n) is 22.6. The first-order valence-corrected chi connectivity index (χ1v) is 15.4. The summed E-state index contributed by atoms with van der Waals surface area (Å²) in [5.41, 5.74) is 7.57. The second-order valence-electron chi connectivity index (χ2n) is 10.4. The van der Waals surface area contributed by atoms with Gasteiger partial charge in [-0.05, 0) is 78.1 Å².